The summed E-state index contributed by atoms with van der Waals surface area (Å²) in [5.74, 6) is 1.51. The Labute approximate surface area is 284 Å². The predicted octanol–water partition coefficient (Wildman–Crippen LogP) is 8.52. The second kappa shape index (κ2) is 13.9. The number of methoxy groups -OCH3 is 1. The van der Waals surface area contributed by atoms with Crippen molar-refractivity contribution in [3.8, 4) is 11.5 Å². The average molecular weight is 664 g/mol. The van der Waals surface area contributed by atoms with Crippen LogP contribution < -0.4 is 20.1 Å². The van der Waals surface area contributed by atoms with E-state index in [0.29, 0.717) is 57.5 Å². The standard InChI is InChI=1S/C38H38FN5O3S/c1-24-33(35(45)41-31-12-8-9-13-32(31)46-5)34(44-36(40-24)42-37(43-44)48-23-27-10-6-7-11-30(27)39)26-16-20-29(21-17-26)47-22-25-14-18-28(19-15-25)38(2,3)4/h6-21,34H,22-23H2,1-5H3,(H,41,45)(H,40,42,43). The molecule has 1 aliphatic rings. The van der Waals surface area contributed by atoms with Crippen molar-refractivity contribution in [2.45, 2.75) is 56.7 Å². The van der Waals surface area contributed by atoms with E-state index in [1.165, 1.54) is 23.4 Å². The highest BCUT2D eigenvalue weighted by Gasteiger charge is 2.35. The summed E-state index contributed by atoms with van der Waals surface area (Å²) >= 11 is 1.33. The third-order valence-corrected chi connectivity index (χ3v) is 9.06. The topological polar surface area (TPSA) is 90.3 Å². The Morgan fingerprint density at radius 3 is 2.40 bits per heavy atom. The fourth-order valence-corrected chi connectivity index (χ4v) is 6.32. The van der Waals surface area contributed by atoms with E-state index < -0.39 is 6.04 Å². The lowest BCUT2D eigenvalue weighted by Crippen LogP contribution is -2.31. The van der Waals surface area contributed by atoms with Crippen molar-refractivity contribution in [1.29, 1.82) is 0 Å². The van der Waals surface area contributed by atoms with Gasteiger partial charge < -0.3 is 20.1 Å². The van der Waals surface area contributed by atoms with E-state index in [-0.39, 0.29) is 17.1 Å². The average Bonchev–Trinajstić information content (AvgIpc) is 3.49. The van der Waals surface area contributed by atoms with Crippen LogP contribution in [0.2, 0.25) is 0 Å². The summed E-state index contributed by atoms with van der Waals surface area (Å²) in [5, 5.41) is 11.5. The molecule has 10 heteroatoms. The summed E-state index contributed by atoms with van der Waals surface area (Å²) in [4.78, 5) is 18.7. The zero-order chi connectivity index (χ0) is 33.8. The molecule has 2 heterocycles. The maximum Gasteiger partial charge on any atom is 0.255 e. The number of benzene rings is 4. The van der Waals surface area contributed by atoms with Crippen molar-refractivity contribution in [2.75, 3.05) is 17.7 Å². The van der Waals surface area contributed by atoms with Crippen LogP contribution in [0.3, 0.4) is 0 Å². The Morgan fingerprint density at radius 1 is 0.979 bits per heavy atom. The monoisotopic (exact) mass is 663 g/mol. The molecule has 0 radical (unpaired) electrons. The minimum atomic E-state index is -0.606. The van der Waals surface area contributed by atoms with Gasteiger partial charge >= 0.3 is 0 Å². The van der Waals surface area contributed by atoms with E-state index in [4.69, 9.17) is 19.6 Å². The first-order valence-electron chi connectivity index (χ1n) is 15.7. The molecule has 1 atom stereocenters. The number of nitrogens with zero attached hydrogens (tertiary/aromatic N) is 3. The van der Waals surface area contributed by atoms with Crippen LogP contribution in [0, 0.1) is 5.82 Å². The second-order valence-electron chi connectivity index (χ2n) is 12.6. The van der Waals surface area contributed by atoms with Crippen molar-refractivity contribution in [3.05, 3.63) is 136 Å². The first-order valence-corrected chi connectivity index (χ1v) is 16.7. The number of nitrogens with one attached hydrogen (secondary N) is 2. The van der Waals surface area contributed by atoms with Crippen LogP contribution >= 0.6 is 11.8 Å². The quantitative estimate of drug-likeness (QED) is 0.145. The van der Waals surface area contributed by atoms with Crippen molar-refractivity contribution < 1.29 is 18.7 Å². The minimum Gasteiger partial charge on any atom is -0.495 e. The Balaban J connectivity index is 1.28. The number of carbonyl (C=O) groups is 1. The third kappa shape index (κ3) is 7.23. The summed E-state index contributed by atoms with van der Waals surface area (Å²) in [6, 6.07) is 29.5. The van der Waals surface area contributed by atoms with Gasteiger partial charge in [-0.15, -0.1) is 5.10 Å². The highest BCUT2D eigenvalue weighted by molar-refractivity contribution is 7.98. The summed E-state index contributed by atoms with van der Waals surface area (Å²) in [6.45, 7) is 8.86. The van der Waals surface area contributed by atoms with Crippen LogP contribution in [0.5, 0.6) is 11.5 Å². The molecule has 0 spiro atoms. The van der Waals surface area contributed by atoms with E-state index in [2.05, 4.69) is 55.7 Å². The lowest BCUT2D eigenvalue weighted by Gasteiger charge is -2.29. The number of thioether (sulfide) groups is 1. The Kier molecular flexibility index (Phi) is 9.54. The number of hydrogen-bond acceptors (Lipinski definition) is 7. The fourth-order valence-electron chi connectivity index (χ4n) is 5.50. The zero-order valence-corrected chi connectivity index (χ0v) is 28.4. The number of fused-ring (bicyclic) bond motifs is 1. The Bertz CT molecular complexity index is 1950. The number of amides is 1. The van der Waals surface area contributed by atoms with Crippen molar-refractivity contribution in [3.63, 3.8) is 0 Å². The third-order valence-electron chi connectivity index (χ3n) is 8.17. The minimum absolute atomic E-state index is 0.0861. The van der Waals surface area contributed by atoms with Gasteiger partial charge in [0.05, 0.1) is 18.4 Å². The number of ether oxygens (including phenoxy) is 2. The molecule has 8 nitrogen and oxygen atoms in total. The Hall–Kier alpha value is -5.09. The molecule has 48 heavy (non-hydrogen) atoms. The van der Waals surface area contributed by atoms with Crippen LogP contribution in [-0.4, -0.2) is 27.8 Å². The number of anilines is 2. The van der Waals surface area contributed by atoms with Gasteiger partial charge in [-0.3, -0.25) is 4.79 Å². The summed E-state index contributed by atoms with van der Waals surface area (Å²) in [7, 11) is 1.56. The lowest BCUT2D eigenvalue weighted by molar-refractivity contribution is -0.113. The number of hydrogen-bond donors (Lipinski definition) is 2. The molecule has 1 aliphatic heterocycles. The number of rotatable bonds is 10. The molecule has 246 valence electrons. The zero-order valence-electron chi connectivity index (χ0n) is 27.6. The lowest BCUT2D eigenvalue weighted by atomic mass is 9.87. The maximum absolute atomic E-state index is 14.3. The molecule has 1 aromatic heterocycles. The molecule has 5 aromatic rings. The number of halogens is 1. The van der Waals surface area contributed by atoms with Gasteiger partial charge in [-0.25, -0.2) is 9.07 Å². The Morgan fingerprint density at radius 2 is 1.69 bits per heavy atom. The molecular weight excluding hydrogens is 626 g/mol. The summed E-state index contributed by atoms with van der Waals surface area (Å²) in [5.41, 5.74) is 5.47. The molecule has 0 fully saturated rings. The normalized spacial score (nSPS) is 14.2. The van der Waals surface area contributed by atoms with Gasteiger partial charge in [0.15, 0.2) is 0 Å². The maximum atomic E-state index is 14.3. The van der Waals surface area contributed by atoms with Gasteiger partial charge in [-0.05, 0) is 64.9 Å². The first kappa shape index (κ1) is 32.8. The second-order valence-corrected chi connectivity index (χ2v) is 13.5. The van der Waals surface area contributed by atoms with E-state index in [9.17, 15) is 9.18 Å². The van der Waals surface area contributed by atoms with Gasteiger partial charge in [0.1, 0.15) is 30.0 Å². The molecule has 0 saturated heterocycles. The molecule has 1 unspecified atom stereocenters. The van der Waals surface area contributed by atoms with E-state index in [0.717, 1.165) is 11.1 Å². The molecular formula is C38H38FN5O3S. The van der Waals surface area contributed by atoms with Crippen LogP contribution in [0.4, 0.5) is 16.0 Å². The largest absolute Gasteiger partial charge is 0.495 e. The van der Waals surface area contributed by atoms with Crippen LogP contribution in [-0.2, 0) is 22.6 Å². The van der Waals surface area contributed by atoms with E-state index >= 15 is 0 Å². The van der Waals surface area contributed by atoms with Gasteiger partial charge in [-0.2, -0.15) is 4.98 Å². The van der Waals surface area contributed by atoms with Crippen molar-refractivity contribution in [2.24, 2.45) is 0 Å². The summed E-state index contributed by atoms with van der Waals surface area (Å²) in [6.07, 6.45) is 0. The predicted molar refractivity (Wildman–Crippen MR) is 188 cm³/mol. The number of para-hydroxylation sites is 2. The summed E-state index contributed by atoms with van der Waals surface area (Å²) < 4.78 is 27.6. The van der Waals surface area contributed by atoms with Crippen molar-refractivity contribution >= 4 is 29.3 Å². The van der Waals surface area contributed by atoms with Crippen LogP contribution in [0.15, 0.2) is 113 Å². The smallest absolute Gasteiger partial charge is 0.255 e. The molecule has 0 aliphatic carbocycles. The molecule has 2 N–H and O–H groups in total. The van der Waals surface area contributed by atoms with E-state index in [1.54, 1.807) is 42.1 Å². The number of allylic oxidation sites excluding steroid dienone is 1. The number of carbonyl (C=O) groups excluding carboxylic acids is 1. The van der Waals surface area contributed by atoms with Crippen LogP contribution in [0.1, 0.15) is 56.0 Å². The highest BCUT2D eigenvalue weighted by atomic mass is 32.2. The number of aromatic nitrogens is 3. The van der Waals surface area contributed by atoms with Gasteiger partial charge in [0.2, 0.25) is 11.1 Å². The molecule has 0 saturated carbocycles. The first-order chi connectivity index (χ1) is 23.1. The SMILES string of the molecule is COc1ccccc1NC(=O)C1=C(C)Nc2nc(SCc3ccccc3F)nn2C1c1ccc(OCc2ccc(C(C)(C)C)cc2)cc1. The molecule has 0 bridgehead atoms. The fraction of sp³-hybridized carbons (Fsp3) is 0.237. The van der Waals surface area contributed by atoms with E-state index in [1.807, 2.05) is 43.3 Å². The molecule has 4 aromatic carbocycles. The van der Waals surface area contributed by atoms with Gasteiger partial charge in [0, 0.05) is 11.4 Å². The highest BCUT2D eigenvalue weighted by Crippen LogP contribution is 2.38. The molecule has 1 amide bonds. The van der Waals surface area contributed by atoms with Gasteiger partial charge in [0.25, 0.3) is 5.91 Å². The molecule has 6 rings (SSSR count). The van der Waals surface area contributed by atoms with Crippen molar-refractivity contribution in [1.82, 2.24) is 14.8 Å². The van der Waals surface area contributed by atoms with Gasteiger partial charge in [-0.1, -0.05) is 99.3 Å². The van der Waals surface area contributed by atoms with Crippen LogP contribution in [0.25, 0.3) is 0 Å².